The number of aromatic nitrogens is 1. The Kier molecular flexibility index (Phi) is 3.08. The van der Waals surface area contributed by atoms with E-state index in [1.54, 1.807) is 6.07 Å². The zero-order valence-corrected chi connectivity index (χ0v) is 13.7. The lowest BCUT2D eigenvalue weighted by atomic mass is 10.0. The van der Waals surface area contributed by atoms with Crippen molar-refractivity contribution in [2.75, 3.05) is 0 Å². The molecule has 0 saturated heterocycles. The van der Waals surface area contributed by atoms with E-state index < -0.39 is 11.7 Å². The smallest absolute Gasteiger partial charge is 0.316 e. The molecule has 0 fully saturated rings. The summed E-state index contributed by atoms with van der Waals surface area (Å²) >= 11 is 0. The van der Waals surface area contributed by atoms with E-state index in [0.29, 0.717) is 5.69 Å². The maximum Gasteiger partial charge on any atom is 0.416 e. The lowest BCUT2D eigenvalue weighted by Gasteiger charge is -2.12. The van der Waals surface area contributed by atoms with Crippen LogP contribution in [0.15, 0.2) is 72.9 Å². The minimum absolute atomic E-state index is 0.527. The molecule has 1 heterocycles. The van der Waals surface area contributed by atoms with Crippen molar-refractivity contribution in [1.82, 2.24) is 4.57 Å². The first-order valence-electron chi connectivity index (χ1n) is 8.41. The Balaban J connectivity index is 1.75. The molecule has 1 aliphatic carbocycles. The van der Waals surface area contributed by atoms with E-state index in [1.165, 1.54) is 34.4 Å². The predicted molar refractivity (Wildman–Crippen MR) is 96.5 cm³/mol. The van der Waals surface area contributed by atoms with Gasteiger partial charge < -0.3 is 4.57 Å². The molecule has 1 aromatic heterocycles. The van der Waals surface area contributed by atoms with Crippen molar-refractivity contribution >= 4 is 10.9 Å². The van der Waals surface area contributed by atoms with Gasteiger partial charge in [-0.1, -0.05) is 42.5 Å². The zero-order valence-electron chi connectivity index (χ0n) is 13.7. The van der Waals surface area contributed by atoms with Crippen molar-refractivity contribution in [3.8, 4) is 16.8 Å². The maximum atomic E-state index is 13.1. The number of rotatable bonds is 1. The van der Waals surface area contributed by atoms with E-state index in [9.17, 15) is 13.2 Å². The van der Waals surface area contributed by atoms with Crippen LogP contribution >= 0.6 is 0 Å². The molecule has 128 valence electrons. The molecule has 26 heavy (non-hydrogen) atoms. The molecule has 0 bridgehead atoms. The standard InChI is InChI=1S/C22H14F3N/c23-22(24,25)16-5-3-6-17(13-16)26-11-10-14-8-9-19-18-7-2-1-4-15(18)12-20(19)21(14)26/h1-11,13H,12H2. The molecule has 4 heteroatoms. The van der Waals surface area contributed by atoms with Crippen LogP contribution in [0.25, 0.3) is 27.7 Å². The van der Waals surface area contributed by atoms with Crippen molar-refractivity contribution in [1.29, 1.82) is 0 Å². The van der Waals surface area contributed by atoms with Crippen molar-refractivity contribution < 1.29 is 13.2 Å². The lowest BCUT2D eigenvalue weighted by molar-refractivity contribution is -0.137. The van der Waals surface area contributed by atoms with Crippen LogP contribution in [0.2, 0.25) is 0 Å². The van der Waals surface area contributed by atoms with Gasteiger partial charge in [0.25, 0.3) is 0 Å². The number of hydrogen-bond acceptors (Lipinski definition) is 0. The molecule has 0 N–H and O–H groups in total. The molecular weight excluding hydrogens is 335 g/mol. The van der Waals surface area contributed by atoms with Crippen LogP contribution in [0.3, 0.4) is 0 Å². The summed E-state index contributed by atoms with van der Waals surface area (Å²) in [7, 11) is 0. The molecule has 0 unspecified atom stereocenters. The van der Waals surface area contributed by atoms with Gasteiger partial charge in [-0.05, 0) is 46.5 Å². The fraction of sp³-hybridized carbons (Fsp3) is 0.0909. The van der Waals surface area contributed by atoms with E-state index in [-0.39, 0.29) is 0 Å². The van der Waals surface area contributed by atoms with E-state index in [4.69, 9.17) is 0 Å². The largest absolute Gasteiger partial charge is 0.416 e. The molecule has 1 nitrogen and oxygen atoms in total. The van der Waals surface area contributed by atoms with Crippen LogP contribution in [0.5, 0.6) is 0 Å². The summed E-state index contributed by atoms with van der Waals surface area (Å²) in [4.78, 5) is 0. The molecule has 1 aliphatic rings. The maximum absolute atomic E-state index is 13.1. The summed E-state index contributed by atoms with van der Waals surface area (Å²) in [6, 6.07) is 19.9. The normalized spacial score (nSPS) is 13.0. The molecule has 4 aromatic rings. The third-order valence-corrected chi connectivity index (χ3v) is 5.08. The zero-order chi connectivity index (χ0) is 17.9. The Bertz CT molecular complexity index is 1150. The molecular formula is C22H14F3N. The molecule has 0 radical (unpaired) electrons. The van der Waals surface area contributed by atoms with E-state index >= 15 is 0 Å². The van der Waals surface area contributed by atoms with E-state index in [2.05, 4.69) is 18.2 Å². The van der Waals surface area contributed by atoms with Gasteiger partial charge in [0.05, 0.1) is 11.1 Å². The number of benzene rings is 3. The van der Waals surface area contributed by atoms with E-state index in [1.807, 2.05) is 35.0 Å². The minimum atomic E-state index is -4.35. The second-order valence-corrected chi connectivity index (χ2v) is 6.60. The van der Waals surface area contributed by atoms with Gasteiger partial charge >= 0.3 is 6.18 Å². The molecule has 0 amide bonds. The predicted octanol–water partition coefficient (Wildman–Crippen LogP) is 6.22. The Labute approximate surface area is 148 Å². The second-order valence-electron chi connectivity index (χ2n) is 6.60. The van der Waals surface area contributed by atoms with Gasteiger partial charge in [-0.15, -0.1) is 0 Å². The van der Waals surface area contributed by atoms with Gasteiger partial charge in [-0.3, -0.25) is 0 Å². The number of alkyl halides is 3. The molecule has 0 aliphatic heterocycles. The Hall–Kier alpha value is -3.01. The van der Waals surface area contributed by atoms with Gasteiger partial charge in [0.15, 0.2) is 0 Å². The fourth-order valence-corrected chi connectivity index (χ4v) is 3.91. The van der Waals surface area contributed by atoms with Crippen LogP contribution in [-0.2, 0) is 12.6 Å². The van der Waals surface area contributed by atoms with Crippen LogP contribution in [-0.4, -0.2) is 4.57 Å². The highest BCUT2D eigenvalue weighted by atomic mass is 19.4. The van der Waals surface area contributed by atoms with Crippen molar-refractivity contribution in [3.63, 3.8) is 0 Å². The Morgan fingerprint density at radius 1 is 0.808 bits per heavy atom. The molecule has 0 saturated carbocycles. The van der Waals surface area contributed by atoms with Crippen molar-refractivity contribution in [2.24, 2.45) is 0 Å². The second kappa shape index (κ2) is 5.24. The Morgan fingerprint density at radius 2 is 1.65 bits per heavy atom. The highest BCUT2D eigenvalue weighted by Crippen LogP contribution is 2.41. The van der Waals surface area contributed by atoms with Crippen molar-refractivity contribution in [3.05, 3.63) is 89.6 Å². The fourth-order valence-electron chi connectivity index (χ4n) is 3.91. The third-order valence-electron chi connectivity index (χ3n) is 5.08. The topological polar surface area (TPSA) is 4.93 Å². The minimum Gasteiger partial charge on any atom is -0.316 e. The SMILES string of the molecule is FC(F)(F)c1cccc(-n2ccc3ccc4c(c32)Cc2ccccc2-4)c1. The number of nitrogens with zero attached hydrogens (tertiary/aromatic N) is 1. The average molecular weight is 349 g/mol. The first-order valence-corrected chi connectivity index (χ1v) is 8.41. The molecule has 0 atom stereocenters. The van der Waals surface area contributed by atoms with Gasteiger partial charge in [-0.25, -0.2) is 0 Å². The highest BCUT2D eigenvalue weighted by molar-refractivity contribution is 5.94. The number of fused-ring (bicyclic) bond motifs is 5. The van der Waals surface area contributed by atoms with Gasteiger partial charge in [0.1, 0.15) is 0 Å². The highest BCUT2D eigenvalue weighted by Gasteiger charge is 2.30. The van der Waals surface area contributed by atoms with Crippen LogP contribution in [0, 0.1) is 0 Å². The molecule has 5 rings (SSSR count). The lowest BCUT2D eigenvalue weighted by Crippen LogP contribution is -2.06. The number of hydrogen-bond donors (Lipinski definition) is 0. The summed E-state index contributed by atoms with van der Waals surface area (Å²) in [5.41, 5.74) is 5.68. The van der Waals surface area contributed by atoms with Crippen LogP contribution in [0.1, 0.15) is 16.7 Å². The monoisotopic (exact) mass is 349 g/mol. The molecule has 3 aromatic carbocycles. The van der Waals surface area contributed by atoms with Crippen LogP contribution in [0.4, 0.5) is 13.2 Å². The van der Waals surface area contributed by atoms with Crippen molar-refractivity contribution in [2.45, 2.75) is 12.6 Å². The quantitative estimate of drug-likeness (QED) is 0.338. The van der Waals surface area contributed by atoms with Gasteiger partial charge in [0, 0.05) is 23.7 Å². The molecule has 0 spiro atoms. The average Bonchev–Trinajstić information content (AvgIpc) is 3.22. The third kappa shape index (κ3) is 2.18. The summed E-state index contributed by atoms with van der Waals surface area (Å²) in [6.45, 7) is 0. The summed E-state index contributed by atoms with van der Waals surface area (Å²) in [5, 5.41) is 1.04. The number of halogens is 3. The van der Waals surface area contributed by atoms with Gasteiger partial charge in [0.2, 0.25) is 0 Å². The summed E-state index contributed by atoms with van der Waals surface area (Å²) in [6.07, 6.45) is -1.70. The first-order chi connectivity index (χ1) is 12.5. The van der Waals surface area contributed by atoms with Crippen LogP contribution < -0.4 is 0 Å². The first kappa shape index (κ1) is 15.3. The Morgan fingerprint density at radius 3 is 2.50 bits per heavy atom. The summed E-state index contributed by atoms with van der Waals surface area (Å²) < 4.78 is 41.2. The van der Waals surface area contributed by atoms with Gasteiger partial charge in [-0.2, -0.15) is 13.2 Å². The summed E-state index contributed by atoms with van der Waals surface area (Å²) in [5.74, 6) is 0. The van der Waals surface area contributed by atoms with E-state index in [0.717, 1.165) is 23.4 Å².